The van der Waals surface area contributed by atoms with Crippen molar-refractivity contribution in [2.45, 2.75) is 12.5 Å². The number of hydrogen-bond acceptors (Lipinski definition) is 2. The molecule has 0 saturated heterocycles. The molecule has 0 heterocycles. The van der Waals surface area contributed by atoms with Gasteiger partial charge in [0.05, 0.1) is 5.56 Å². The molecule has 2 unspecified atom stereocenters. The monoisotopic (exact) mass is 233 g/mol. The molecule has 1 aromatic rings. The smallest absolute Gasteiger partial charge is 0.198 e. The minimum absolute atomic E-state index is 0.346. The molecule has 2 rings (SSSR count). The molecule has 0 amide bonds. The van der Waals surface area contributed by atoms with Crippen LogP contribution in [0.4, 0.5) is 17.6 Å². The molecule has 6 heteroatoms. The quantitative estimate of drug-likeness (QED) is 0.366. The molecule has 0 aromatic heterocycles. The zero-order chi connectivity index (χ0) is 12.0. The average Bonchev–Trinajstić information content (AvgIpc) is 2.97. The van der Waals surface area contributed by atoms with Crippen molar-refractivity contribution in [1.82, 2.24) is 0 Å². The first-order chi connectivity index (χ1) is 7.43. The van der Waals surface area contributed by atoms with E-state index in [4.69, 9.17) is 5.73 Å². The molecule has 2 nitrogen and oxygen atoms in total. The first-order valence-electron chi connectivity index (χ1n) is 4.56. The van der Waals surface area contributed by atoms with Gasteiger partial charge in [-0.25, -0.2) is 17.6 Å². The maximum atomic E-state index is 13.2. The zero-order valence-corrected chi connectivity index (χ0v) is 7.94. The molecule has 1 fully saturated rings. The summed E-state index contributed by atoms with van der Waals surface area (Å²) >= 11 is 0. The third-order valence-corrected chi connectivity index (χ3v) is 2.54. The Balaban J connectivity index is 2.45. The van der Waals surface area contributed by atoms with Crippen molar-refractivity contribution in [2.24, 2.45) is 11.7 Å². The molecular formula is C10H7F4NO. The highest BCUT2D eigenvalue weighted by Crippen LogP contribution is 2.33. The Hall–Kier alpha value is -1.43. The van der Waals surface area contributed by atoms with Crippen LogP contribution >= 0.6 is 0 Å². The van der Waals surface area contributed by atoms with E-state index in [1.807, 2.05) is 0 Å². The van der Waals surface area contributed by atoms with Crippen LogP contribution in [0.3, 0.4) is 0 Å². The van der Waals surface area contributed by atoms with Crippen molar-refractivity contribution in [3.8, 4) is 0 Å². The summed E-state index contributed by atoms with van der Waals surface area (Å²) in [5, 5.41) is 0. The summed E-state index contributed by atoms with van der Waals surface area (Å²) in [5.41, 5.74) is 4.57. The highest BCUT2D eigenvalue weighted by Gasteiger charge is 2.42. The van der Waals surface area contributed by atoms with Crippen molar-refractivity contribution in [1.29, 1.82) is 0 Å². The third-order valence-electron chi connectivity index (χ3n) is 2.54. The Bertz CT molecular complexity index is 474. The molecule has 1 saturated carbocycles. The number of carbonyl (C=O) groups is 1. The zero-order valence-electron chi connectivity index (χ0n) is 7.94. The van der Waals surface area contributed by atoms with Crippen molar-refractivity contribution in [3.05, 3.63) is 34.9 Å². The number of Topliss-reactive ketones (excluding diaryl/α,β-unsaturated/α-hetero) is 1. The number of nitrogens with two attached hydrogens (primary N) is 1. The molecule has 0 radical (unpaired) electrons. The van der Waals surface area contributed by atoms with E-state index in [0.717, 1.165) is 0 Å². The second kappa shape index (κ2) is 3.55. The van der Waals surface area contributed by atoms with E-state index < -0.39 is 46.6 Å². The van der Waals surface area contributed by atoms with Crippen molar-refractivity contribution in [3.63, 3.8) is 0 Å². The van der Waals surface area contributed by atoms with Gasteiger partial charge in [-0.3, -0.25) is 4.79 Å². The standard InChI is InChI=1S/C10H7F4NO/c11-5-1-4(7(12)9(14)8(5)13)10(16)3-2-6(3)15/h1,3,6H,2,15H2. The lowest BCUT2D eigenvalue weighted by Crippen LogP contribution is -2.14. The van der Waals surface area contributed by atoms with Crippen LogP contribution in [0.15, 0.2) is 6.07 Å². The first kappa shape index (κ1) is 11.1. The van der Waals surface area contributed by atoms with Crippen molar-refractivity contribution >= 4 is 5.78 Å². The predicted octanol–water partition coefficient (Wildman–Crippen LogP) is 1.77. The highest BCUT2D eigenvalue weighted by atomic mass is 19.2. The van der Waals surface area contributed by atoms with E-state index >= 15 is 0 Å². The summed E-state index contributed by atoms with van der Waals surface area (Å²) in [4.78, 5) is 11.5. The van der Waals surface area contributed by atoms with Crippen LogP contribution in [-0.4, -0.2) is 11.8 Å². The van der Waals surface area contributed by atoms with Gasteiger partial charge < -0.3 is 5.73 Å². The molecule has 0 spiro atoms. The Morgan fingerprint density at radius 3 is 2.25 bits per heavy atom. The fourth-order valence-electron chi connectivity index (χ4n) is 1.47. The fraction of sp³-hybridized carbons (Fsp3) is 0.300. The highest BCUT2D eigenvalue weighted by molar-refractivity contribution is 6.00. The molecule has 86 valence electrons. The fourth-order valence-corrected chi connectivity index (χ4v) is 1.47. The summed E-state index contributed by atoms with van der Waals surface area (Å²) in [6.07, 6.45) is 0.346. The Morgan fingerprint density at radius 2 is 1.75 bits per heavy atom. The van der Waals surface area contributed by atoms with Gasteiger partial charge in [0.2, 0.25) is 0 Å². The maximum absolute atomic E-state index is 13.2. The minimum atomic E-state index is -1.97. The first-order valence-corrected chi connectivity index (χ1v) is 4.56. The lowest BCUT2D eigenvalue weighted by Gasteiger charge is -2.04. The average molecular weight is 233 g/mol. The summed E-state index contributed by atoms with van der Waals surface area (Å²) in [6.45, 7) is 0. The van der Waals surface area contributed by atoms with E-state index in [0.29, 0.717) is 12.5 Å². The number of rotatable bonds is 2. The molecule has 1 aliphatic rings. The molecule has 16 heavy (non-hydrogen) atoms. The number of carbonyl (C=O) groups excluding carboxylic acids is 1. The Labute approximate surface area is 88.0 Å². The van der Waals surface area contributed by atoms with Gasteiger partial charge in [0.25, 0.3) is 0 Å². The summed E-state index contributed by atoms with van der Waals surface area (Å²) < 4.78 is 51.4. The van der Waals surface area contributed by atoms with E-state index in [1.165, 1.54) is 0 Å². The SMILES string of the molecule is NC1CC1C(=O)c1cc(F)c(F)c(F)c1F. The molecule has 1 aromatic carbocycles. The van der Waals surface area contributed by atoms with Crippen molar-refractivity contribution < 1.29 is 22.4 Å². The summed E-state index contributed by atoms with van der Waals surface area (Å²) in [5.74, 6) is -8.56. The van der Waals surface area contributed by atoms with Crippen LogP contribution in [0.25, 0.3) is 0 Å². The second-order valence-corrected chi connectivity index (χ2v) is 3.72. The van der Waals surface area contributed by atoms with Crippen LogP contribution < -0.4 is 5.73 Å². The van der Waals surface area contributed by atoms with Gasteiger partial charge in [-0.2, -0.15) is 0 Å². The predicted molar refractivity (Wildman–Crippen MR) is 46.7 cm³/mol. The van der Waals surface area contributed by atoms with Crippen LogP contribution in [0.2, 0.25) is 0 Å². The topological polar surface area (TPSA) is 43.1 Å². The van der Waals surface area contributed by atoms with Crippen LogP contribution in [0, 0.1) is 29.2 Å². The lowest BCUT2D eigenvalue weighted by molar-refractivity contribution is 0.0959. The van der Waals surface area contributed by atoms with Gasteiger partial charge in [-0.15, -0.1) is 0 Å². The largest absolute Gasteiger partial charge is 0.327 e. The maximum Gasteiger partial charge on any atom is 0.198 e. The van der Waals surface area contributed by atoms with Gasteiger partial charge in [-0.1, -0.05) is 0 Å². The Kier molecular flexibility index (Phi) is 2.46. The third kappa shape index (κ3) is 1.59. The van der Waals surface area contributed by atoms with Gasteiger partial charge in [0.15, 0.2) is 29.1 Å². The number of halogens is 4. The number of ketones is 1. The molecular weight excluding hydrogens is 226 g/mol. The van der Waals surface area contributed by atoms with E-state index in [2.05, 4.69) is 0 Å². The minimum Gasteiger partial charge on any atom is -0.327 e. The van der Waals surface area contributed by atoms with Gasteiger partial charge in [0, 0.05) is 12.0 Å². The van der Waals surface area contributed by atoms with E-state index in [9.17, 15) is 22.4 Å². The van der Waals surface area contributed by atoms with Crippen LogP contribution in [0.5, 0.6) is 0 Å². The number of hydrogen-bond donors (Lipinski definition) is 1. The van der Waals surface area contributed by atoms with Crippen molar-refractivity contribution in [2.75, 3.05) is 0 Å². The Morgan fingerprint density at radius 1 is 1.19 bits per heavy atom. The summed E-state index contributed by atoms with van der Waals surface area (Å²) in [7, 11) is 0. The van der Waals surface area contributed by atoms with Crippen LogP contribution in [-0.2, 0) is 0 Å². The normalized spacial score (nSPS) is 23.3. The molecule has 2 N–H and O–H groups in total. The molecule has 0 bridgehead atoms. The lowest BCUT2D eigenvalue weighted by atomic mass is 10.1. The molecule has 1 aliphatic carbocycles. The van der Waals surface area contributed by atoms with Crippen LogP contribution in [0.1, 0.15) is 16.8 Å². The molecule has 2 atom stereocenters. The van der Waals surface area contributed by atoms with Gasteiger partial charge in [-0.05, 0) is 12.5 Å². The summed E-state index contributed by atoms with van der Waals surface area (Å²) in [6, 6.07) is -0.0516. The van der Waals surface area contributed by atoms with Gasteiger partial charge in [0.1, 0.15) is 0 Å². The van der Waals surface area contributed by atoms with E-state index in [-0.39, 0.29) is 0 Å². The number of benzene rings is 1. The molecule has 0 aliphatic heterocycles. The van der Waals surface area contributed by atoms with E-state index in [1.54, 1.807) is 0 Å². The second-order valence-electron chi connectivity index (χ2n) is 3.72. The van der Waals surface area contributed by atoms with Gasteiger partial charge >= 0.3 is 0 Å².